The van der Waals surface area contributed by atoms with Crippen LogP contribution in [0.5, 0.6) is 0 Å². The Morgan fingerprint density at radius 1 is 0.971 bits per heavy atom. The fraction of sp³-hybridized carbons (Fsp3) is 0.160. The van der Waals surface area contributed by atoms with E-state index in [2.05, 4.69) is 26.0 Å². The first-order valence-electron chi connectivity index (χ1n) is 10.8. The van der Waals surface area contributed by atoms with E-state index in [1.165, 1.54) is 18.3 Å². The van der Waals surface area contributed by atoms with Crippen molar-refractivity contribution in [1.29, 1.82) is 0 Å². The molecule has 0 saturated carbocycles. The molecule has 0 fully saturated rings. The van der Waals surface area contributed by atoms with Crippen LogP contribution in [0, 0.1) is 0 Å². The van der Waals surface area contributed by atoms with Crippen molar-refractivity contribution >= 4 is 24.0 Å². The Hall–Kier alpha value is -4.57. The Balaban J connectivity index is 1.64. The van der Waals surface area contributed by atoms with E-state index in [0.717, 1.165) is 16.7 Å². The summed E-state index contributed by atoms with van der Waals surface area (Å²) >= 11 is 0. The van der Waals surface area contributed by atoms with Crippen LogP contribution in [-0.4, -0.2) is 40.6 Å². The second-order valence-electron chi connectivity index (χ2n) is 7.62. The van der Waals surface area contributed by atoms with Crippen LogP contribution in [-0.2, 0) is 22.7 Å². The molecule has 0 aliphatic carbocycles. The van der Waals surface area contributed by atoms with Crippen molar-refractivity contribution in [1.82, 2.24) is 20.9 Å². The van der Waals surface area contributed by atoms with Gasteiger partial charge in [0, 0.05) is 25.5 Å². The molecule has 1 unspecified atom stereocenters. The number of hydrogen-bond acceptors (Lipinski definition) is 7. The Kier molecular flexibility index (Phi) is 9.03. The lowest BCUT2D eigenvalue weighted by Crippen LogP contribution is -2.42. The van der Waals surface area contributed by atoms with Crippen LogP contribution in [0.4, 0.5) is 0 Å². The zero-order chi connectivity index (χ0) is 25.0. The number of hydrogen-bond donors (Lipinski definition) is 5. The summed E-state index contributed by atoms with van der Waals surface area (Å²) in [6.07, 6.45) is 4.82. The molecule has 6 N–H and O–H groups in total. The van der Waals surface area contributed by atoms with Gasteiger partial charge in [0.1, 0.15) is 6.04 Å². The summed E-state index contributed by atoms with van der Waals surface area (Å²) in [4.78, 5) is 40.4. The van der Waals surface area contributed by atoms with Gasteiger partial charge in [-0.15, -0.1) is 0 Å². The number of carboxylic acid groups (broad SMARTS) is 1. The largest absolute Gasteiger partial charge is 0.478 e. The van der Waals surface area contributed by atoms with E-state index < -0.39 is 17.9 Å². The molecule has 1 atom stereocenters. The number of carboxylic acids is 1. The molecular weight excluding hydrogens is 448 g/mol. The topological polar surface area (TPSA) is 159 Å². The highest BCUT2D eigenvalue weighted by Gasteiger charge is 2.21. The van der Waals surface area contributed by atoms with Crippen LogP contribution in [0.1, 0.15) is 38.7 Å². The Bertz CT molecular complexity index is 1160. The first kappa shape index (κ1) is 25.1. The summed E-state index contributed by atoms with van der Waals surface area (Å²) in [5.41, 5.74) is 3.27. The summed E-state index contributed by atoms with van der Waals surface area (Å²) in [5.74, 6) is 3.34. The molecule has 0 spiro atoms. The molecule has 0 aliphatic heterocycles. The van der Waals surface area contributed by atoms with E-state index in [4.69, 9.17) is 10.9 Å². The van der Waals surface area contributed by atoms with Gasteiger partial charge >= 0.3 is 5.97 Å². The van der Waals surface area contributed by atoms with Crippen LogP contribution >= 0.6 is 0 Å². The maximum absolute atomic E-state index is 13.0. The predicted octanol–water partition coefficient (Wildman–Crippen LogP) is 1.34. The average Bonchev–Trinajstić information content (AvgIpc) is 2.88. The quantitative estimate of drug-likeness (QED) is 0.159. The van der Waals surface area contributed by atoms with Crippen molar-refractivity contribution in [3.8, 4) is 0 Å². The molecule has 3 aromatic rings. The second-order valence-corrected chi connectivity index (χ2v) is 7.62. The number of amides is 2. The Labute approximate surface area is 202 Å². The highest BCUT2D eigenvalue weighted by Crippen LogP contribution is 2.16. The number of aromatic carboxylic acids is 1. The van der Waals surface area contributed by atoms with E-state index in [1.54, 1.807) is 30.6 Å². The SMILES string of the molecule is NN=Cc1ccc(CNC(C(=O)NCC(=O)NCc2cccnc2)c2ccc(C(=O)O)cc2)cc1. The van der Waals surface area contributed by atoms with Crippen LogP contribution in [0.2, 0.25) is 0 Å². The van der Waals surface area contributed by atoms with Crippen LogP contribution in [0.3, 0.4) is 0 Å². The smallest absolute Gasteiger partial charge is 0.335 e. The first-order valence-corrected chi connectivity index (χ1v) is 10.8. The average molecular weight is 475 g/mol. The number of nitrogens with two attached hydrogens (primary N) is 1. The van der Waals surface area contributed by atoms with Gasteiger partial charge in [0.15, 0.2) is 0 Å². The number of pyridine rings is 1. The summed E-state index contributed by atoms with van der Waals surface area (Å²) < 4.78 is 0. The highest BCUT2D eigenvalue weighted by atomic mass is 16.4. The number of benzene rings is 2. The van der Waals surface area contributed by atoms with Gasteiger partial charge in [-0.25, -0.2) is 4.79 Å². The molecule has 3 rings (SSSR count). The number of aromatic nitrogens is 1. The molecule has 2 aromatic carbocycles. The molecule has 2 amide bonds. The lowest BCUT2D eigenvalue weighted by Gasteiger charge is -2.19. The van der Waals surface area contributed by atoms with Gasteiger partial charge in [0.05, 0.1) is 18.3 Å². The lowest BCUT2D eigenvalue weighted by molar-refractivity contribution is -0.127. The normalized spacial score (nSPS) is 11.7. The third-order valence-electron chi connectivity index (χ3n) is 5.10. The maximum Gasteiger partial charge on any atom is 0.335 e. The third-order valence-corrected chi connectivity index (χ3v) is 5.10. The number of rotatable bonds is 11. The monoisotopic (exact) mass is 474 g/mol. The van der Waals surface area contributed by atoms with Crippen molar-refractivity contribution in [2.24, 2.45) is 10.9 Å². The van der Waals surface area contributed by atoms with Gasteiger partial charge in [-0.2, -0.15) is 5.10 Å². The minimum atomic E-state index is -1.06. The summed E-state index contributed by atoms with van der Waals surface area (Å²) in [5, 5.41) is 21.2. The molecule has 1 heterocycles. The molecule has 35 heavy (non-hydrogen) atoms. The number of nitrogens with one attached hydrogen (secondary N) is 3. The fourth-order valence-electron chi connectivity index (χ4n) is 3.24. The minimum Gasteiger partial charge on any atom is -0.478 e. The predicted molar refractivity (Wildman–Crippen MR) is 130 cm³/mol. The van der Waals surface area contributed by atoms with Gasteiger partial charge in [0.2, 0.25) is 11.8 Å². The van der Waals surface area contributed by atoms with E-state index in [0.29, 0.717) is 18.7 Å². The molecule has 10 nitrogen and oxygen atoms in total. The zero-order valence-electron chi connectivity index (χ0n) is 18.8. The number of carbonyl (C=O) groups excluding carboxylic acids is 2. The van der Waals surface area contributed by atoms with Crippen LogP contribution in [0.15, 0.2) is 78.2 Å². The molecule has 10 heteroatoms. The number of nitrogens with zero attached hydrogens (tertiary/aromatic N) is 2. The lowest BCUT2D eigenvalue weighted by atomic mass is 10.0. The summed E-state index contributed by atoms with van der Waals surface area (Å²) in [7, 11) is 0. The van der Waals surface area contributed by atoms with E-state index >= 15 is 0 Å². The van der Waals surface area contributed by atoms with Crippen molar-refractivity contribution in [2.75, 3.05) is 6.54 Å². The minimum absolute atomic E-state index is 0.111. The molecule has 0 saturated heterocycles. The first-order chi connectivity index (χ1) is 17.0. The van der Waals surface area contributed by atoms with Crippen LogP contribution < -0.4 is 21.8 Å². The van der Waals surface area contributed by atoms with Gasteiger partial charge in [-0.1, -0.05) is 42.5 Å². The van der Waals surface area contributed by atoms with Crippen molar-refractivity contribution in [2.45, 2.75) is 19.1 Å². The molecule has 180 valence electrons. The zero-order valence-corrected chi connectivity index (χ0v) is 18.8. The Morgan fingerprint density at radius 2 is 1.71 bits per heavy atom. The number of carbonyl (C=O) groups is 3. The van der Waals surface area contributed by atoms with Gasteiger partial charge < -0.3 is 21.6 Å². The van der Waals surface area contributed by atoms with E-state index in [9.17, 15) is 14.4 Å². The van der Waals surface area contributed by atoms with Gasteiger partial charge in [0.25, 0.3) is 0 Å². The Morgan fingerprint density at radius 3 is 2.34 bits per heavy atom. The van der Waals surface area contributed by atoms with Crippen LogP contribution in [0.25, 0.3) is 0 Å². The standard InChI is InChI=1S/C25H26N6O4/c26-31-15-18-5-3-17(4-6-18)13-29-23(20-7-9-21(10-8-20)25(34)35)24(33)30-16-22(32)28-14-19-2-1-11-27-12-19/h1-12,15,23,29H,13-14,16,26H2,(H,28,32)(H,30,33)(H,34,35). The fourth-order valence-corrected chi connectivity index (χ4v) is 3.24. The highest BCUT2D eigenvalue weighted by molar-refractivity contribution is 5.89. The maximum atomic E-state index is 13.0. The molecule has 0 bridgehead atoms. The van der Waals surface area contributed by atoms with Crippen molar-refractivity contribution in [3.63, 3.8) is 0 Å². The molecule has 0 aliphatic rings. The number of hydrazone groups is 1. The molecule has 1 aromatic heterocycles. The second kappa shape index (κ2) is 12.6. The summed E-state index contributed by atoms with van der Waals surface area (Å²) in [6.45, 7) is 0.440. The van der Waals surface area contributed by atoms with Gasteiger partial charge in [-0.05, 0) is 40.5 Å². The molecule has 0 radical (unpaired) electrons. The van der Waals surface area contributed by atoms with E-state index in [1.807, 2.05) is 30.3 Å². The van der Waals surface area contributed by atoms with Crippen molar-refractivity contribution < 1.29 is 19.5 Å². The third kappa shape index (κ3) is 7.76. The van der Waals surface area contributed by atoms with E-state index in [-0.39, 0.29) is 18.0 Å². The van der Waals surface area contributed by atoms with Crippen molar-refractivity contribution in [3.05, 3.63) is 101 Å². The van der Waals surface area contributed by atoms with Gasteiger partial charge in [-0.3, -0.25) is 19.9 Å². The summed E-state index contributed by atoms with van der Waals surface area (Å²) in [6, 6.07) is 16.2. The molecular formula is C25H26N6O4.